The Morgan fingerprint density at radius 3 is 3.04 bits per heavy atom. The Hall–Kier alpha value is -3.30. The third kappa shape index (κ3) is 3.10. The summed E-state index contributed by atoms with van der Waals surface area (Å²) in [7, 11) is 0. The molecule has 0 spiro atoms. The molecule has 2 aromatic heterocycles. The van der Waals surface area contributed by atoms with Crippen molar-refractivity contribution >= 4 is 55.5 Å². The summed E-state index contributed by atoms with van der Waals surface area (Å²) in [5.41, 5.74) is 5.34. The average Bonchev–Trinajstić information content (AvgIpc) is 3.36. The third-order valence-corrected chi connectivity index (χ3v) is 5.78. The molecule has 1 aliphatic heterocycles. The number of benzene rings is 2. The van der Waals surface area contributed by atoms with Crippen molar-refractivity contribution in [2.45, 2.75) is 0 Å². The first-order valence-corrected chi connectivity index (χ1v) is 10.1. The fourth-order valence-corrected chi connectivity index (χ4v) is 4.30. The van der Waals surface area contributed by atoms with E-state index in [9.17, 15) is 9.59 Å². The largest absolute Gasteiger partial charge is 0.482 e. The highest BCUT2D eigenvalue weighted by Crippen LogP contribution is 2.34. The number of ether oxygens (including phenoxy) is 1. The van der Waals surface area contributed by atoms with Gasteiger partial charge in [-0.1, -0.05) is 0 Å². The van der Waals surface area contributed by atoms with E-state index in [4.69, 9.17) is 4.74 Å². The highest BCUT2D eigenvalue weighted by atomic mass is 32.1. The SMILES string of the molecule is O=C1COc2ccc(-c3csc(NC(=O)c4ccc5ncsc5c4)n3)cc2N1. The van der Waals surface area contributed by atoms with Crippen LogP contribution >= 0.6 is 22.7 Å². The van der Waals surface area contributed by atoms with E-state index in [1.807, 2.05) is 29.6 Å². The van der Waals surface area contributed by atoms with E-state index >= 15 is 0 Å². The zero-order valence-corrected chi connectivity index (χ0v) is 15.9. The van der Waals surface area contributed by atoms with Gasteiger partial charge < -0.3 is 10.1 Å². The predicted molar refractivity (Wildman–Crippen MR) is 109 cm³/mol. The standard InChI is InChI=1S/C19H12N4O3S2/c24-17-7-26-15-4-2-10(5-13(15)21-17)14-8-27-19(22-14)23-18(25)11-1-3-12-16(6-11)28-9-20-12/h1-6,8-9H,7H2,(H,21,24)(H,22,23,25). The van der Waals surface area contributed by atoms with Gasteiger partial charge >= 0.3 is 0 Å². The fourth-order valence-electron chi connectivity index (χ4n) is 2.87. The highest BCUT2D eigenvalue weighted by molar-refractivity contribution is 7.16. The quantitative estimate of drug-likeness (QED) is 0.534. The maximum absolute atomic E-state index is 12.5. The molecule has 0 aliphatic carbocycles. The van der Waals surface area contributed by atoms with E-state index in [0.717, 1.165) is 15.8 Å². The number of hydrogen-bond donors (Lipinski definition) is 2. The van der Waals surface area contributed by atoms with Gasteiger partial charge in [-0.3, -0.25) is 14.9 Å². The smallest absolute Gasteiger partial charge is 0.262 e. The monoisotopic (exact) mass is 408 g/mol. The molecule has 4 aromatic rings. The molecular weight excluding hydrogens is 396 g/mol. The van der Waals surface area contributed by atoms with Crippen molar-refractivity contribution in [3.05, 3.63) is 52.9 Å². The molecule has 1 aliphatic rings. The molecule has 2 amide bonds. The summed E-state index contributed by atoms with van der Waals surface area (Å²) >= 11 is 2.83. The lowest BCUT2D eigenvalue weighted by atomic mass is 10.1. The molecule has 0 saturated heterocycles. The van der Waals surface area contributed by atoms with Crippen LogP contribution in [0.25, 0.3) is 21.5 Å². The van der Waals surface area contributed by atoms with Gasteiger partial charge in [0.25, 0.3) is 11.8 Å². The van der Waals surface area contributed by atoms with Crippen LogP contribution in [0, 0.1) is 0 Å². The molecule has 3 heterocycles. The summed E-state index contributed by atoms with van der Waals surface area (Å²) in [4.78, 5) is 32.7. The van der Waals surface area contributed by atoms with Crippen LogP contribution in [0.4, 0.5) is 10.8 Å². The lowest BCUT2D eigenvalue weighted by molar-refractivity contribution is -0.118. The summed E-state index contributed by atoms with van der Waals surface area (Å²) in [5.74, 6) is 0.224. The van der Waals surface area contributed by atoms with E-state index < -0.39 is 0 Å². The number of rotatable bonds is 3. The van der Waals surface area contributed by atoms with Gasteiger partial charge in [0.2, 0.25) is 0 Å². The zero-order valence-electron chi connectivity index (χ0n) is 14.3. The van der Waals surface area contributed by atoms with Crippen molar-refractivity contribution in [1.82, 2.24) is 9.97 Å². The molecule has 28 heavy (non-hydrogen) atoms. The molecule has 2 aromatic carbocycles. The lowest BCUT2D eigenvalue weighted by Crippen LogP contribution is -2.25. The number of thiazole rings is 2. The molecule has 0 unspecified atom stereocenters. The van der Waals surface area contributed by atoms with Crippen LogP contribution in [0.1, 0.15) is 10.4 Å². The van der Waals surface area contributed by atoms with E-state index in [1.54, 1.807) is 17.6 Å². The molecule has 0 fully saturated rings. The van der Waals surface area contributed by atoms with Gasteiger partial charge in [0.05, 0.1) is 27.1 Å². The maximum Gasteiger partial charge on any atom is 0.262 e. The van der Waals surface area contributed by atoms with Gasteiger partial charge in [-0.05, 0) is 36.4 Å². The minimum atomic E-state index is -0.220. The van der Waals surface area contributed by atoms with Crippen LogP contribution in [0.3, 0.4) is 0 Å². The van der Waals surface area contributed by atoms with E-state index in [2.05, 4.69) is 20.6 Å². The predicted octanol–water partition coefficient (Wildman–Crippen LogP) is 4.00. The minimum absolute atomic E-state index is 0.0204. The molecule has 0 radical (unpaired) electrons. The first-order chi connectivity index (χ1) is 13.7. The molecule has 138 valence electrons. The summed E-state index contributed by atoms with van der Waals surface area (Å²) in [6, 6.07) is 10.9. The number of hydrogen-bond acceptors (Lipinski definition) is 7. The highest BCUT2D eigenvalue weighted by Gasteiger charge is 2.17. The number of anilines is 2. The minimum Gasteiger partial charge on any atom is -0.482 e. The second-order valence-electron chi connectivity index (χ2n) is 6.07. The topological polar surface area (TPSA) is 93.2 Å². The first kappa shape index (κ1) is 16.8. The van der Waals surface area contributed by atoms with Gasteiger partial charge in [0.15, 0.2) is 11.7 Å². The van der Waals surface area contributed by atoms with Gasteiger partial charge in [-0.2, -0.15) is 0 Å². The van der Waals surface area contributed by atoms with Crippen LogP contribution in [-0.2, 0) is 4.79 Å². The average molecular weight is 408 g/mol. The van der Waals surface area contributed by atoms with Gasteiger partial charge in [-0.15, -0.1) is 22.7 Å². The van der Waals surface area contributed by atoms with Crippen LogP contribution in [0.5, 0.6) is 5.75 Å². The summed E-state index contributed by atoms with van der Waals surface area (Å²) in [5, 5.41) is 7.97. The number of nitrogens with zero attached hydrogens (tertiary/aromatic N) is 2. The zero-order chi connectivity index (χ0) is 19.1. The Kier molecular flexibility index (Phi) is 4.03. The Labute approximate surface area is 167 Å². The summed E-state index contributed by atoms with van der Waals surface area (Å²) in [6.07, 6.45) is 0. The van der Waals surface area contributed by atoms with E-state index in [1.165, 1.54) is 22.7 Å². The molecule has 0 bridgehead atoms. The van der Waals surface area contributed by atoms with Gasteiger partial charge in [0, 0.05) is 16.5 Å². The number of fused-ring (bicyclic) bond motifs is 2. The Morgan fingerprint density at radius 2 is 2.11 bits per heavy atom. The molecule has 7 nitrogen and oxygen atoms in total. The van der Waals surface area contributed by atoms with Crippen molar-refractivity contribution in [1.29, 1.82) is 0 Å². The van der Waals surface area contributed by atoms with Crippen LogP contribution in [0.2, 0.25) is 0 Å². The van der Waals surface area contributed by atoms with E-state index in [-0.39, 0.29) is 18.4 Å². The van der Waals surface area contributed by atoms with Gasteiger partial charge in [0.1, 0.15) is 5.75 Å². The van der Waals surface area contributed by atoms with E-state index in [0.29, 0.717) is 27.8 Å². The number of amides is 2. The normalized spacial score (nSPS) is 12.9. The van der Waals surface area contributed by atoms with Crippen LogP contribution in [-0.4, -0.2) is 28.4 Å². The number of nitrogens with one attached hydrogen (secondary N) is 2. The second-order valence-corrected chi connectivity index (χ2v) is 7.82. The van der Waals surface area contributed by atoms with Crippen LogP contribution < -0.4 is 15.4 Å². The van der Waals surface area contributed by atoms with Crippen molar-refractivity contribution in [3.8, 4) is 17.0 Å². The lowest BCUT2D eigenvalue weighted by Gasteiger charge is -2.18. The van der Waals surface area contributed by atoms with Crippen molar-refractivity contribution < 1.29 is 14.3 Å². The third-order valence-electron chi connectivity index (χ3n) is 4.23. The van der Waals surface area contributed by atoms with Gasteiger partial charge in [-0.25, -0.2) is 9.97 Å². The number of aromatic nitrogens is 2. The molecule has 2 N–H and O–H groups in total. The summed E-state index contributed by atoms with van der Waals surface area (Å²) in [6.45, 7) is 0.0204. The maximum atomic E-state index is 12.5. The molecule has 5 rings (SSSR count). The van der Waals surface area contributed by atoms with Crippen molar-refractivity contribution in [3.63, 3.8) is 0 Å². The van der Waals surface area contributed by atoms with Crippen LogP contribution in [0.15, 0.2) is 47.3 Å². The molecule has 0 saturated carbocycles. The fraction of sp³-hybridized carbons (Fsp3) is 0.0526. The molecular formula is C19H12N4O3S2. The van der Waals surface area contributed by atoms with Crippen molar-refractivity contribution in [2.24, 2.45) is 0 Å². The Morgan fingerprint density at radius 1 is 1.18 bits per heavy atom. The Bertz CT molecular complexity index is 1230. The Balaban J connectivity index is 1.36. The first-order valence-electron chi connectivity index (χ1n) is 8.33. The summed E-state index contributed by atoms with van der Waals surface area (Å²) < 4.78 is 6.33. The number of carbonyl (C=O) groups excluding carboxylic acids is 2. The second kappa shape index (κ2) is 6.70. The molecule has 9 heteroatoms. The van der Waals surface area contributed by atoms with Crippen molar-refractivity contribution in [2.75, 3.05) is 17.2 Å². The molecule has 0 atom stereocenters. The number of carbonyl (C=O) groups is 2.